The van der Waals surface area contributed by atoms with Crippen LogP contribution in [0.25, 0.3) is 10.9 Å². The van der Waals surface area contributed by atoms with E-state index in [9.17, 15) is 9.59 Å². The van der Waals surface area contributed by atoms with Crippen LogP contribution in [0.15, 0.2) is 30.5 Å². The number of fused-ring (bicyclic) bond motifs is 3. The van der Waals surface area contributed by atoms with Crippen molar-refractivity contribution in [1.29, 1.82) is 5.26 Å². The smallest absolute Gasteiger partial charge is 0.252 e. The second-order valence-electron chi connectivity index (χ2n) is 8.11. The van der Waals surface area contributed by atoms with Crippen LogP contribution >= 0.6 is 11.8 Å². The number of nitrogens with one attached hydrogen (secondary N) is 1. The summed E-state index contributed by atoms with van der Waals surface area (Å²) in [5.41, 5.74) is 2.28. The van der Waals surface area contributed by atoms with Crippen molar-refractivity contribution in [1.82, 2.24) is 15.2 Å². The predicted octanol–water partition coefficient (Wildman–Crippen LogP) is 1.76. The molecule has 1 aromatic carbocycles. The topological polar surface area (TPSA) is 98.6 Å². The molecule has 0 radical (unpaired) electrons. The third-order valence-corrected chi connectivity index (χ3v) is 7.14. The number of pyridine rings is 1. The van der Waals surface area contributed by atoms with Gasteiger partial charge in [-0.15, -0.1) is 11.8 Å². The molecule has 0 saturated carbocycles. The van der Waals surface area contributed by atoms with E-state index >= 15 is 0 Å². The summed E-state index contributed by atoms with van der Waals surface area (Å²) in [6.07, 6.45) is 4.35. The normalized spacial score (nSPS) is 24.9. The number of carbonyl (C=O) groups is 2. The lowest BCUT2D eigenvalue weighted by Crippen LogP contribution is -2.43. The Morgan fingerprint density at radius 1 is 1.26 bits per heavy atom. The molecule has 3 aliphatic heterocycles. The molecule has 0 spiro atoms. The highest BCUT2D eigenvalue weighted by Gasteiger charge is 2.34. The van der Waals surface area contributed by atoms with Crippen LogP contribution in [0.3, 0.4) is 0 Å². The monoisotopic (exact) mass is 437 g/mol. The number of morpholine rings is 1. The van der Waals surface area contributed by atoms with Crippen LogP contribution in [0.4, 0.5) is 5.69 Å². The Morgan fingerprint density at radius 2 is 2.06 bits per heavy atom. The third-order valence-electron chi connectivity index (χ3n) is 6.13. The number of benzene rings is 1. The van der Waals surface area contributed by atoms with E-state index in [0.717, 1.165) is 42.5 Å². The van der Waals surface area contributed by atoms with Crippen LogP contribution in [-0.4, -0.2) is 71.2 Å². The first kappa shape index (κ1) is 20.1. The molecule has 2 unspecified atom stereocenters. The first-order valence-electron chi connectivity index (χ1n) is 10.5. The fourth-order valence-corrected chi connectivity index (χ4v) is 5.61. The molecule has 1 N–H and O–H groups in total. The highest BCUT2D eigenvalue weighted by molar-refractivity contribution is 7.99. The largest absolute Gasteiger partial charge is 0.371 e. The van der Waals surface area contributed by atoms with Crippen molar-refractivity contribution in [2.45, 2.75) is 31.1 Å². The van der Waals surface area contributed by atoms with E-state index < -0.39 is 6.04 Å². The number of rotatable bonds is 4. The maximum Gasteiger partial charge on any atom is 0.252 e. The Bertz CT molecular complexity index is 1060. The molecule has 8 nitrogen and oxygen atoms in total. The highest BCUT2D eigenvalue weighted by Crippen LogP contribution is 2.31. The predicted molar refractivity (Wildman–Crippen MR) is 118 cm³/mol. The molecule has 2 aromatic rings. The first-order chi connectivity index (χ1) is 15.1. The van der Waals surface area contributed by atoms with Crippen molar-refractivity contribution in [2.24, 2.45) is 0 Å². The Morgan fingerprint density at radius 3 is 2.84 bits per heavy atom. The summed E-state index contributed by atoms with van der Waals surface area (Å²) < 4.78 is 5.93. The van der Waals surface area contributed by atoms with E-state index in [-0.39, 0.29) is 30.6 Å². The van der Waals surface area contributed by atoms with E-state index in [1.165, 1.54) is 4.90 Å². The lowest BCUT2D eigenvalue weighted by atomic mass is 10.1. The molecule has 31 heavy (non-hydrogen) atoms. The summed E-state index contributed by atoms with van der Waals surface area (Å²) in [7, 11) is 0. The van der Waals surface area contributed by atoms with Gasteiger partial charge in [-0.1, -0.05) is 0 Å². The fourth-order valence-electron chi connectivity index (χ4n) is 4.50. The molecule has 3 fully saturated rings. The average molecular weight is 438 g/mol. The van der Waals surface area contributed by atoms with Crippen LogP contribution in [0.2, 0.25) is 0 Å². The van der Waals surface area contributed by atoms with Gasteiger partial charge in [0.25, 0.3) is 5.91 Å². The number of nitriles is 1. The van der Waals surface area contributed by atoms with Crippen LogP contribution in [-0.2, 0) is 9.53 Å². The first-order valence-corrected chi connectivity index (χ1v) is 11.6. The number of ether oxygens (including phenoxy) is 1. The maximum atomic E-state index is 12.9. The van der Waals surface area contributed by atoms with E-state index in [1.54, 1.807) is 24.0 Å². The summed E-state index contributed by atoms with van der Waals surface area (Å²) in [6.45, 7) is 1.58. The number of aromatic nitrogens is 1. The lowest BCUT2D eigenvalue weighted by molar-refractivity contribution is -0.129. The highest BCUT2D eigenvalue weighted by atomic mass is 32.2. The second kappa shape index (κ2) is 8.36. The minimum atomic E-state index is -0.428. The number of carbonyl (C=O) groups excluding carboxylic acids is 2. The maximum absolute atomic E-state index is 12.9. The third kappa shape index (κ3) is 3.93. The molecule has 9 heteroatoms. The van der Waals surface area contributed by atoms with Crippen molar-refractivity contribution in [3.8, 4) is 6.07 Å². The second-order valence-corrected chi connectivity index (χ2v) is 9.11. The van der Waals surface area contributed by atoms with Gasteiger partial charge in [0.05, 0.1) is 41.8 Å². The van der Waals surface area contributed by atoms with Gasteiger partial charge in [0.1, 0.15) is 6.04 Å². The molecule has 1 aromatic heterocycles. The molecule has 160 valence electrons. The standard InChI is InChI=1S/C22H23N5O3S/c23-8-15-12-31-13-27(15)21(28)9-25-22(29)18-5-6-24-20-4-1-14(7-19(18)20)26-10-16-2-3-17(11-26)30-16/h1,4-7,15-17H,2-3,9-13H2,(H,25,29)/t15-,16?,17?/m1/s1. The van der Waals surface area contributed by atoms with Gasteiger partial charge in [0, 0.05) is 36.1 Å². The summed E-state index contributed by atoms with van der Waals surface area (Å²) in [5.74, 6) is 0.529. The van der Waals surface area contributed by atoms with Gasteiger partial charge >= 0.3 is 0 Å². The van der Waals surface area contributed by atoms with Gasteiger partial charge in [-0.2, -0.15) is 5.26 Å². The molecule has 0 aliphatic carbocycles. The lowest BCUT2D eigenvalue weighted by Gasteiger charge is -2.34. The Labute approximate surface area is 184 Å². The quantitative estimate of drug-likeness (QED) is 0.778. The van der Waals surface area contributed by atoms with Crippen molar-refractivity contribution in [2.75, 3.05) is 36.2 Å². The average Bonchev–Trinajstić information content (AvgIpc) is 3.42. The summed E-state index contributed by atoms with van der Waals surface area (Å²) >= 11 is 1.54. The van der Waals surface area contributed by atoms with Crippen molar-refractivity contribution in [3.05, 3.63) is 36.0 Å². The number of nitrogens with zero attached hydrogens (tertiary/aromatic N) is 4. The number of amides is 2. The molecule has 2 amide bonds. The molecule has 4 heterocycles. The van der Waals surface area contributed by atoms with Gasteiger partial charge in [0.15, 0.2) is 0 Å². The van der Waals surface area contributed by atoms with Crippen molar-refractivity contribution >= 4 is 40.2 Å². The Hall–Kier alpha value is -2.83. The summed E-state index contributed by atoms with van der Waals surface area (Å²) in [6, 6.07) is 9.37. The van der Waals surface area contributed by atoms with Gasteiger partial charge < -0.3 is 19.9 Å². The molecule has 3 atom stereocenters. The SMILES string of the molecule is N#C[C@@H]1CSCN1C(=O)CNC(=O)c1ccnc2ccc(N3CC4CCC(C3)O4)cc12. The Balaban J connectivity index is 1.33. The number of thioether (sulfide) groups is 1. The van der Waals surface area contributed by atoms with E-state index in [1.807, 2.05) is 18.2 Å². The van der Waals surface area contributed by atoms with Crippen LogP contribution in [0.5, 0.6) is 0 Å². The minimum absolute atomic E-state index is 0.131. The molecule has 5 rings (SSSR count). The molecular weight excluding hydrogens is 414 g/mol. The van der Waals surface area contributed by atoms with Crippen LogP contribution < -0.4 is 10.2 Å². The van der Waals surface area contributed by atoms with E-state index in [0.29, 0.717) is 17.2 Å². The zero-order chi connectivity index (χ0) is 21.4. The van der Waals surface area contributed by atoms with Crippen molar-refractivity contribution < 1.29 is 14.3 Å². The van der Waals surface area contributed by atoms with E-state index in [2.05, 4.69) is 21.3 Å². The van der Waals surface area contributed by atoms with E-state index in [4.69, 9.17) is 10.00 Å². The summed E-state index contributed by atoms with van der Waals surface area (Å²) in [4.78, 5) is 33.6. The van der Waals surface area contributed by atoms with Gasteiger partial charge in [0.2, 0.25) is 5.91 Å². The zero-order valence-corrected chi connectivity index (χ0v) is 17.8. The van der Waals surface area contributed by atoms with Crippen molar-refractivity contribution in [3.63, 3.8) is 0 Å². The van der Waals surface area contributed by atoms with Gasteiger partial charge in [-0.25, -0.2) is 0 Å². The van der Waals surface area contributed by atoms with Gasteiger partial charge in [-0.3, -0.25) is 14.6 Å². The zero-order valence-electron chi connectivity index (χ0n) is 17.0. The van der Waals surface area contributed by atoms with Crippen LogP contribution in [0, 0.1) is 11.3 Å². The molecule has 3 aliphatic rings. The summed E-state index contributed by atoms with van der Waals surface area (Å²) in [5, 5.41) is 12.7. The molecule has 2 bridgehead atoms. The Kier molecular flexibility index (Phi) is 5.42. The molecular formula is C22H23N5O3S. The number of hydrogen-bond donors (Lipinski definition) is 1. The van der Waals surface area contributed by atoms with Crippen LogP contribution in [0.1, 0.15) is 23.2 Å². The van der Waals surface area contributed by atoms with Gasteiger partial charge in [-0.05, 0) is 37.1 Å². The molecule has 3 saturated heterocycles. The number of anilines is 1. The number of hydrogen-bond acceptors (Lipinski definition) is 7. The fraction of sp³-hybridized carbons (Fsp3) is 0.455. The minimum Gasteiger partial charge on any atom is -0.371 e.